The standard InChI is InChI=1S/C23H32N4O5S/c1-16(2)25(15-23(24)29)14-22(28)21-12-17(3)27(18(21)4)19-6-5-7-20(13-19)33(30,31)26-8-10-32-11-9-26/h5-7,12-13,16H,8-11,14-15H2,1-4H3,(H2,24,29). The second-order valence-corrected chi connectivity index (χ2v) is 10.5. The molecule has 1 aliphatic rings. The first kappa shape index (κ1) is 25.1. The zero-order valence-electron chi connectivity index (χ0n) is 19.6. The lowest BCUT2D eigenvalue weighted by Crippen LogP contribution is -2.41. The summed E-state index contributed by atoms with van der Waals surface area (Å²) in [6, 6.07) is 8.51. The van der Waals surface area contributed by atoms with E-state index in [0.717, 1.165) is 5.69 Å². The highest BCUT2D eigenvalue weighted by Gasteiger charge is 2.27. The Morgan fingerprint density at radius 3 is 2.39 bits per heavy atom. The second kappa shape index (κ2) is 10.2. The number of Topliss-reactive ketones (excluding diaryl/α,β-unsaturated/α-hetero) is 1. The van der Waals surface area contributed by atoms with Crippen molar-refractivity contribution >= 4 is 21.7 Å². The van der Waals surface area contributed by atoms with Crippen LogP contribution in [0.25, 0.3) is 5.69 Å². The maximum absolute atomic E-state index is 13.1. The van der Waals surface area contributed by atoms with Crippen LogP contribution >= 0.6 is 0 Å². The van der Waals surface area contributed by atoms with Crippen LogP contribution in [-0.4, -0.2) is 79.3 Å². The predicted octanol–water partition coefficient (Wildman–Crippen LogP) is 1.49. The van der Waals surface area contributed by atoms with Crippen molar-refractivity contribution in [3.63, 3.8) is 0 Å². The molecular weight excluding hydrogens is 444 g/mol. The number of morpholine rings is 1. The number of carbonyl (C=O) groups excluding carboxylic acids is 2. The van der Waals surface area contributed by atoms with E-state index in [1.54, 1.807) is 29.2 Å². The van der Waals surface area contributed by atoms with Gasteiger partial charge in [0.15, 0.2) is 5.78 Å². The van der Waals surface area contributed by atoms with E-state index in [9.17, 15) is 18.0 Å². The number of nitrogens with two attached hydrogens (primary N) is 1. The Labute approximate surface area is 195 Å². The summed E-state index contributed by atoms with van der Waals surface area (Å²) in [5.41, 5.74) is 8.04. The van der Waals surface area contributed by atoms with E-state index in [1.807, 2.05) is 38.3 Å². The van der Waals surface area contributed by atoms with Crippen molar-refractivity contribution in [1.82, 2.24) is 13.8 Å². The Morgan fingerprint density at radius 2 is 1.79 bits per heavy atom. The minimum Gasteiger partial charge on any atom is -0.379 e. The number of nitrogens with zero attached hydrogens (tertiary/aromatic N) is 3. The molecule has 0 bridgehead atoms. The number of ketones is 1. The van der Waals surface area contributed by atoms with Gasteiger partial charge in [-0.15, -0.1) is 0 Å². The van der Waals surface area contributed by atoms with Gasteiger partial charge in [0.2, 0.25) is 15.9 Å². The Hall–Kier alpha value is -2.53. The van der Waals surface area contributed by atoms with Gasteiger partial charge in [0.1, 0.15) is 0 Å². The molecule has 2 N–H and O–H groups in total. The molecule has 2 heterocycles. The van der Waals surface area contributed by atoms with Crippen LogP contribution in [0.4, 0.5) is 0 Å². The first-order valence-corrected chi connectivity index (χ1v) is 12.4. The normalized spacial score (nSPS) is 15.3. The number of primary amides is 1. The number of aromatic nitrogens is 1. The molecule has 0 aliphatic carbocycles. The Bertz CT molecular complexity index is 1130. The molecule has 33 heavy (non-hydrogen) atoms. The summed E-state index contributed by atoms with van der Waals surface area (Å²) < 4.78 is 34.8. The molecule has 2 aromatic rings. The van der Waals surface area contributed by atoms with Crippen LogP contribution in [0.1, 0.15) is 35.6 Å². The third kappa shape index (κ3) is 5.52. The molecule has 0 atom stereocenters. The van der Waals surface area contributed by atoms with Crippen molar-refractivity contribution in [2.75, 3.05) is 39.4 Å². The van der Waals surface area contributed by atoms with E-state index in [2.05, 4.69) is 0 Å². The van der Waals surface area contributed by atoms with Gasteiger partial charge in [0.05, 0.1) is 31.2 Å². The predicted molar refractivity (Wildman–Crippen MR) is 125 cm³/mol. The first-order valence-electron chi connectivity index (χ1n) is 10.9. The summed E-state index contributed by atoms with van der Waals surface area (Å²) in [6.07, 6.45) is 0. The van der Waals surface area contributed by atoms with Crippen LogP contribution in [0.15, 0.2) is 35.2 Å². The number of amides is 1. The monoisotopic (exact) mass is 476 g/mol. The molecule has 1 aromatic heterocycles. The molecule has 3 rings (SSSR count). The first-order chi connectivity index (χ1) is 15.5. The number of rotatable bonds is 9. The SMILES string of the molecule is Cc1cc(C(=O)CN(CC(N)=O)C(C)C)c(C)n1-c1cccc(S(=O)(=O)N2CCOCC2)c1. The number of sulfonamides is 1. The molecule has 9 nitrogen and oxygen atoms in total. The average molecular weight is 477 g/mol. The molecule has 10 heteroatoms. The van der Waals surface area contributed by atoms with Gasteiger partial charge in [-0.05, 0) is 52.0 Å². The van der Waals surface area contributed by atoms with E-state index in [0.29, 0.717) is 43.2 Å². The molecule has 1 fully saturated rings. The van der Waals surface area contributed by atoms with Gasteiger partial charge in [-0.2, -0.15) is 4.31 Å². The van der Waals surface area contributed by atoms with Crippen LogP contribution < -0.4 is 5.73 Å². The Morgan fingerprint density at radius 1 is 1.12 bits per heavy atom. The van der Waals surface area contributed by atoms with Crippen molar-refractivity contribution in [2.45, 2.75) is 38.6 Å². The number of ether oxygens (including phenoxy) is 1. The van der Waals surface area contributed by atoms with Crippen molar-refractivity contribution in [2.24, 2.45) is 5.73 Å². The topological polar surface area (TPSA) is 115 Å². The van der Waals surface area contributed by atoms with Crippen molar-refractivity contribution < 1.29 is 22.7 Å². The average Bonchev–Trinajstić information content (AvgIpc) is 3.07. The van der Waals surface area contributed by atoms with Crippen molar-refractivity contribution in [3.8, 4) is 5.69 Å². The zero-order chi connectivity index (χ0) is 24.3. The zero-order valence-corrected chi connectivity index (χ0v) is 20.4. The van der Waals surface area contributed by atoms with Gasteiger partial charge >= 0.3 is 0 Å². The van der Waals surface area contributed by atoms with Gasteiger partial charge in [-0.25, -0.2) is 8.42 Å². The molecule has 0 radical (unpaired) electrons. The quantitative estimate of drug-likeness (QED) is 0.549. The molecule has 1 saturated heterocycles. The van der Waals surface area contributed by atoms with Gasteiger partial charge in [0.25, 0.3) is 0 Å². The lowest BCUT2D eigenvalue weighted by molar-refractivity contribution is -0.119. The van der Waals surface area contributed by atoms with Crippen molar-refractivity contribution in [1.29, 1.82) is 0 Å². The van der Waals surface area contributed by atoms with Crippen molar-refractivity contribution in [3.05, 3.63) is 47.3 Å². The van der Waals surface area contributed by atoms with Crippen LogP contribution in [0.3, 0.4) is 0 Å². The summed E-state index contributed by atoms with van der Waals surface area (Å²) in [6.45, 7) is 8.98. The highest BCUT2D eigenvalue weighted by molar-refractivity contribution is 7.89. The van der Waals surface area contributed by atoms with Gasteiger partial charge in [-0.1, -0.05) is 6.07 Å². The van der Waals surface area contributed by atoms with Gasteiger partial charge in [0, 0.05) is 41.8 Å². The summed E-state index contributed by atoms with van der Waals surface area (Å²) >= 11 is 0. The maximum Gasteiger partial charge on any atom is 0.243 e. The Kier molecular flexibility index (Phi) is 7.73. The fourth-order valence-corrected chi connectivity index (χ4v) is 5.50. The minimum absolute atomic E-state index is 0.00356. The van der Waals surface area contributed by atoms with E-state index >= 15 is 0 Å². The highest BCUT2D eigenvalue weighted by Crippen LogP contribution is 2.25. The molecule has 0 spiro atoms. The van der Waals surface area contributed by atoms with E-state index in [4.69, 9.17) is 10.5 Å². The van der Waals surface area contributed by atoms with Crippen LogP contribution in [-0.2, 0) is 19.6 Å². The highest BCUT2D eigenvalue weighted by atomic mass is 32.2. The number of benzene rings is 1. The number of aryl methyl sites for hydroxylation is 1. The third-order valence-corrected chi connectivity index (χ3v) is 7.75. The minimum atomic E-state index is -3.64. The fraction of sp³-hybridized carbons (Fsp3) is 0.478. The van der Waals surface area contributed by atoms with E-state index in [1.165, 1.54) is 4.31 Å². The fourth-order valence-electron chi connectivity index (χ4n) is 4.05. The molecule has 1 aliphatic heterocycles. The summed E-state index contributed by atoms with van der Waals surface area (Å²) in [7, 11) is -3.64. The molecule has 1 amide bonds. The second-order valence-electron chi connectivity index (χ2n) is 8.52. The largest absolute Gasteiger partial charge is 0.379 e. The smallest absolute Gasteiger partial charge is 0.243 e. The van der Waals surface area contributed by atoms with Gasteiger partial charge < -0.3 is 15.0 Å². The molecule has 0 saturated carbocycles. The summed E-state index contributed by atoms with van der Waals surface area (Å²) in [5.74, 6) is -0.610. The molecule has 0 unspecified atom stereocenters. The number of carbonyl (C=O) groups is 2. The third-order valence-electron chi connectivity index (χ3n) is 5.85. The van der Waals surface area contributed by atoms with E-state index in [-0.39, 0.29) is 29.8 Å². The maximum atomic E-state index is 13.1. The molecule has 180 valence electrons. The van der Waals surface area contributed by atoms with Crippen LogP contribution in [0.5, 0.6) is 0 Å². The number of hydrogen-bond acceptors (Lipinski definition) is 6. The summed E-state index contributed by atoms with van der Waals surface area (Å²) in [4.78, 5) is 26.4. The van der Waals surface area contributed by atoms with Gasteiger partial charge in [-0.3, -0.25) is 14.5 Å². The Balaban J connectivity index is 1.92. The number of hydrogen-bond donors (Lipinski definition) is 1. The van der Waals surface area contributed by atoms with E-state index < -0.39 is 15.9 Å². The molecular formula is C23H32N4O5S. The lowest BCUT2D eigenvalue weighted by Gasteiger charge is -2.26. The molecule has 1 aromatic carbocycles. The van der Waals surface area contributed by atoms with Crippen LogP contribution in [0.2, 0.25) is 0 Å². The lowest BCUT2D eigenvalue weighted by atomic mass is 10.1. The summed E-state index contributed by atoms with van der Waals surface area (Å²) in [5, 5.41) is 0. The van der Waals surface area contributed by atoms with Crippen LogP contribution in [0, 0.1) is 13.8 Å².